The van der Waals surface area contributed by atoms with E-state index in [1.807, 2.05) is 0 Å². The number of rotatable bonds is 4. The highest BCUT2D eigenvalue weighted by molar-refractivity contribution is 6.29. The molecule has 0 fully saturated rings. The van der Waals surface area contributed by atoms with E-state index >= 15 is 0 Å². The molecule has 8 nitrogen and oxygen atoms in total. The maximum Gasteiger partial charge on any atom is 0.419 e. The molecule has 0 unspecified atom stereocenters. The van der Waals surface area contributed by atoms with E-state index in [-0.39, 0.29) is 13.5 Å². The van der Waals surface area contributed by atoms with Crippen LogP contribution in [-0.2, 0) is 32.5 Å². The van der Waals surface area contributed by atoms with E-state index in [9.17, 15) is 9.59 Å². The van der Waals surface area contributed by atoms with Crippen LogP contribution in [0.3, 0.4) is 0 Å². The van der Waals surface area contributed by atoms with Gasteiger partial charge in [-0.15, -0.1) is 0 Å². The normalized spacial score (nSPS) is 10.3. The first-order valence-corrected chi connectivity index (χ1v) is 5.87. The topological polar surface area (TPSA) is 88.2 Å². The minimum Gasteiger partial charge on any atom is -0.435 e. The summed E-state index contributed by atoms with van der Waals surface area (Å²) < 4.78 is 12.8. The zero-order valence-electron chi connectivity index (χ0n) is 11.1. The number of aromatic nitrogens is 4. The molecule has 20 heavy (non-hydrogen) atoms. The number of hydrogen-bond acceptors (Lipinski definition) is 6. The predicted octanol–water partition coefficient (Wildman–Crippen LogP) is 0.398. The molecule has 0 bridgehead atoms. The lowest BCUT2D eigenvalue weighted by molar-refractivity contribution is -0.172. The number of nitrogens with zero attached hydrogens (tertiary/aromatic N) is 4. The summed E-state index contributed by atoms with van der Waals surface area (Å²) in [5.74, 6) is -0.729. The number of carbonyl (C=O) groups is 2. The number of hydrogen-bond donors (Lipinski definition) is 0. The summed E-state index contributed by atoms with van der Waals surface area (Å²) in [5.41, 5.74) is 0. The van der Waals surface area contributed by atoms with E-state index in [4.69, 9.17) is 9.47 Å². The third kappa shape index (κ3) is 3.22. The lowest BCUT2D eigenvalue weighted by atomic mass is 10.6. The second kappa shape index (κ2) is 6.00. The second-order valence-corrected chi connectivity index (χ2v) is 4.01. The monoisotopic (exact) mass is 278 g/mol. The van der Waals surface area contributed by atoms with Crippen molar-refractivity contribution >= 4 is 11.9 Å². The zero-order valence-corrected chi connectivity index (χ0v) is 11.1. The third-order valence-corrected chi connectivity index (χ3v) is 2.68. The fourth-order valence-corrected chi connectivity index (χ4v) is 1.45. The molecule has 2 heterocycles. The Kier molecular flexibility index (Phi) is 4.14. The van der Waals surface area contributed by atoms with Crippen LogP contribution < -0.4 is 0 Å². The Labute approximate surface area is 115 Å². The third-order valence-electron chi connectivity index (χ3n) is 2.68. The van der Waals surface area contributed by atoms with Crippen LogP contribution in [-0.4, -0.2) is 31.0 Å². The molecule has 2 aromatic rings. The molecule has 0 amide bonds. The minimum atomic E-state index is -1.05. The predicted molar refractivity (Wildman–Crippen MR) is 66.1 cm³/mol. The van der Waals surface area contributed by atoms with Crippen LogP contribution >= 0.6 is 0 Å². The van der Waals surface area contributed by atoms with Crippen molar-refractivity contribution in [2.45, 2.75) is 27.3 Å². The van der Waals surface area contributed by atoms with Gasteiger partial charge in [0.05, 0.1) is 0 Å². The Bertz CT molecular complexity index is 562. The lowest BCUT2D eigenvalue weighted by Crippen LogP contribution is -2.23. The van der Waals surface area contributed by atoms with E-state index in [0.29, 0.717) is 11.6 Å². The number of esters is 2. The van der Waals surface area contributed by atoms with E-state index < -0.39 is 11.9 Å². The molecule has 0 aliphatic carbocycles. The number of carbonyl (C=O) groups excluding carboxylic acids is 2. The van der Waals surface area contributed by atoms with Gasteiger partial charge in [-0.05, 0) is 13.8 Å². The molecule has 2 rings (SSSR count). The summed E-state index contributed by atoms with van der Waals surface area (Å²) in [6.45, 7) is 3.36. The molecule has 8 heteroatoms. The molecule has 0 aromatic carbocycles. The summed E-state index contributed by atoms with van der Waals surface area (Å²) in [6, 6.07) is 0. The van der Waals surface area contributed by atoms with Gasteiger partial charge < -0.3 is 18.6 Å². The quantitative estimate of drug-likeness (QED) is 0.594. The molecular weight excluding hydrogens is 264 g/mol. The first kappa shape index (κ1) is 13.8. The van der Waals surface area contributed by atoms with Gasteiger partial charge in [-0.2, -0.15) is 0 Å². The number of ether oxygens (including phenoxy) is 2. The van der Waals surface area contributed by atoms with Crippen molar-refractivity contribution in [1.29, 1.82) is 0 Å². The van der Waals surface area contributed by atoms with Crippen LogP contribution in [0.5, 0.6) is 0 Å². The minimum absolute atomic E-state index is 0.0795. The van der Waals surface area contributed by atoms with Gasteiger partial charge in [-0.3, -0.25) is 0 Å². The Morgan fingerprint density at radius 2 is 1.35 bits per heavy atom. The van der Waals surface area contributed by atoms with E-state index in [1.165, 1.54) is 0 Å². The van der Waals surface area contributed by atoms with Gasteiger partial charge in [-0.25, -0.2) is 19.6 Å². The molecule has 0 N–H and O–H groups in total. The van der Waals surface area contributed by atoms with Gasteiger partial charge in [0.2, 0.25) is 0 Å². The van der Waals surface area contributed by atoms with Crippen molar-refractivity contribution in [2.24, 2.45) is 0 Å². The molecule has 0 spiro atoms. The molecule has 0 atom stereocenters. The van der Waals surface area contributed by atoms with Crippen LogP contribution in [0.15, 0.2) is 24.8 Å². The Morgan fingerprint density at radius 1 is 0.950 bits per heavy atom. The standard InChI is InChI=1S/C12H14N4O4/c1-9-13-3-5-15(9)7-19-11(17)12(18)20-8-16-6-4-14-10(16)2/h3-6H,7-8H2,1-2H3. The fourth-order valence-electron chi connectivity index (χ4n) is 1.45. The number of aryl methyl sites for hydroxylation is 2. The van der Waals surface area contributed by atoms with Crippen molar-refractivity contribution in [3.63, 3.8) is 0 Å². The average molecular weight is 278 g/mol. The lowest BCUT2D eigenvalue weighted by Gasteiger charge is -2.08. The highest BCUT2D eigenvalue weighted by Gasteiger charge is 2.18. The van der Waals surface area contributed by atoms with Crippen LogP contribution in [0.1, 0.15) is 11.6 Å². The summed E-state index contributed by atoms with van der Waals surface area (Å²) in [4.78, 5) is 30.8. The smallest absolute Gasteiger partial charge is 0.419 e. The maximum absolute atomic E-state index is 11.4. The summed E-state index contributed by atoms with van der Waals surface area (Å²) in [5, 5.41) is 0. The van der Waals surface area contributed by atoms with Gasteiger partial charge >= 0.3 is 11.9 Å². The van der Waals surface area contributed by atoms with Crippen molar-refractivity contribution in [3.8, 4) is 0 Å². The summed E-state index contributed by atoms with van der Waals surface area (Å²) >= 11 is 0. The van der Waals surface area contributed by atoms with E-state index in [1.54, 1.807) is 47.8 Å². The zero-order chi connectivity index (χ0) is 14.5. The largest absolute Gasteiger partial charge is 0.435 e. The van der Waals surface area contributed by atoms with Gasteiger partial charge in [-0.1, -0.05) is 0 Å². The summed E-state index contributed by atoms with van der Waals surface area (Å²) in [6.07, 6.45) is 6.43. The first-order valence-electron chi connectivity index (χ1n) is 5.87. The van der Waals surface area contributed by atoms with E-state index in [2.05, 4.69) is 9.97 Å². The highest BCUT2D eigenvalue weighted by atomic mass is 16.6. The van der Waals surface area contributed by atoms with Crippen LogP contribution in [0.2, 0.25) is 0 Å². The molecule has 0 aliphatic rings. The Morgan fingerprint density at radius 3 is 1.65 bits per heavy atom. The van der Waals surface area contributed by atoms with Crippen LogP contribution in [0.25, 0.3) is 0 Å². The highest BCUT2D eigenvalue weighted by Crippen LogP contribution is 1.99. The van der Waals surface area contributed by atoms with Crippen LogP contribution in [0.4, 0.5) is 0 Å². The first-order chi connectivity index (χ1) is 9.58. The van der Waals surface area contributed by atoms with Gasteiger partial charge in [0.1, 0.15) is 11.6 Å². The second-order valence-electron chi connectivity index (χ2n) is 4.01. The molecule has 0 saturated heterocycles. The fraction of sp³-hybridized carbons (Fsp3) is 0.333. The molecule has 106 valence electrons. The Balaban J connectivity index is 1.79. The number of imidazole rings is 2. The SMILES string of the molecule is Cc1nccn1COC(=O)C(=O)OCn1ccnc1C. The van der Waals surface area contributed by atoms with Crippen molar-refractivity contribution in [3.05, 3.63) is 36.4 Å². The molecular formula is C12H14N4O4. The molecule has 0 radical (unpaired) electrons. The van der Waals surface area contributed by atoms with Crippen molar-refractivity contribution < 1.29 is 19.1 Å². The molecule has 0 saturated carbocycles. The Hall–Kier alpha value is -2.64. The van der Waals surface area contributed by atoms with Gasteiger partial charge in [0.25, 0.3) is 0 Å². The average Bonchev–Trinajstić information content (AvgIpc) is 3.02. The van der Waals surface area contributed by atoms with E-state index in [0.717, 1.165) is 0 Å². The van der Waals surface area contributed by atoms with Crippen molar-refractivity contribution in [2.75, 3.05) is 0 Å². The van der Waals surface area contributed by atoms with Gasteiger partial charge in [0.15, 0.2) is 13.5 Å². The molecule has 0 aliphatic heterocycles. The maximum atomic E-state index is 11.4. The molecule has 2 aromatic heterocycles. The van der Waals surface area contributed by atoms with Gasteiger partial charge in [0, 0.05) is 24.8 Å². The van der Waals surface area contributed by atoms with Crippen LogP contribution in [0, 0.1) is 13.8 Å². The summed E-state index contributed by atoms with van der Waals surface area (Å²) in [7, 11) is 0. The van der Waals surface area contributed by atoms with Crippen molar-refractivity contribution in [1.82, 2.24) is 19.1 Å².